The smallest absolute Gasteiger partial charge is 0.120 e. The van der Waals surface area contributed by atoms with E-state index >= 15 is 0 Å². The zero-order chi connectivity index (χ0) is 14.9. The molecule has 0 unspecified atom stereocenters. The second-order valence-electron chi connectivity index (χ2n) is 6.75. The Balaban J connectivity index is 1.51. The van der Waals surface area contributed by atoms with Crippen molar-refractivity contribution in [3.8, 4) is 0 Å². The summed E-state index contributed by atoms with van der Waals surface area (Å²) in [4.78, 5) is 12.8. The van der Waals surface area contributed by atoms with E-state index in [0.29, 0.717) is 5.92 Å². The fraction of sp³-hybridized carbons (Fsp3) is 0.500. The molecular weight excluding hydrogens is 272 g/mol. The van der Waals surface area contributed by atoms with Gasteiger partial charge in [-0.25, -0.2) is 4.98 Å². The van der Waals surface area contributed by atoms with Gasteiger partial charge in [-0.2, -0.15) is 0 Å². The Morgan fingerprint density at radius 1 is 1.23 bits per heavy atom. The molecule has 0 saturated carbocycles. The summed E-state index contributed by atoms with van der Waals surface area (Å²) in [6.45, 7) is 4.48. The first-order valence-corrected chi connectivity index (χ1v) is 8.27. The minimum Gasteiger partial charge on any atom is -0.348 e. The molecule has 0 amide bonds. The van der Waals surface area contributed by atoms with Gasteiger partial charge in [0.2, 0.25) is 0 Å². The van der Waals surface area contributed by atoms with E-state index in [1.807, 2.05) is 12.4 Å². The molecule has 0 bridgehead atoms. The summed E-state index contributed by atoms with van der Waals surface area (Å²) in [5, 5.41) is 0. The van der Waals surface area contributed by atoms with Crippen LogP contribution in [0.3, 0.4) is 0 Å². The van der Waals surface area contributed by atoms with Crippen LogP contribution in [0.2, 0.25) is 0 Å². The highest BCUT2D eigenvalue weighted by molar-refractivity contribution is 5.24. The predicted molar refractivity (Wildman–Crippen MR) is 87.6 cm³/mol. The van der Waals surface area contributed by atoms with Crippen molar-refractivity contribution in [3.05, 3.63) is 54.1 Å². The molecule has 2 aliphatic heterocycles. The topological polar surface area (TPSA) is 35.2 Å². The molecule has 4 heteroatoms. The predicted octanol–water partition coefficient (Wildman–Crippen LogP) is 2.33. The number of piperidine rings is 1. The molecule has 3 heterocycles. The largest absolute Gasteiger partial charge is 0.348 e. The maximum atomic E-state index is 4.38. The van der Waals surface area contributed by atoms with Gasteiger partial charge in [0.15, 0.2) is 0 Å². The molecule has 3 atom stereocenters. The van der Waals surface area contributed by atoms with Crippen molar-refractivity contribution < 1.29 is 0 Å². The number of aromatic amines is 1. The molecule has 1 aromatic heterocycles. The highest BCUT2D eigenvalue weighted by Crippen LogP contribution is 2.40. The minimum atomic E-state index is 0.663. The van der Waals surface area contributed by atoms with E-state index in [0.717, 1.165) is 24.3 Å². The molecule has 2 aromatic rings. The molecule has 4 rings (SSSR count). The lowest BCUT2D eigenvalue weighted by molar-refractivity contribution is 0.113. The van der Waals surface area contributed by atoms with Gasteiger partial charge in [0.1, 0.15) is 5.82 Å². The fourth-order valence-corrected chi connectivity index (χ4v) is 4.36. The molecule has 0 spiro atoms. The number of likely N-dealkylation sites (N-methyl/N-ethyl adjacent to an activating group) is 1. The Kier molecular flexibility index (Phi) is 3.72. The summed E-state index contributed by atoms with van der Waals surface area (Å²) < 4.78 is 0. The van der Waals surface area contributed by atoms with Gasteiger partial charge in [-0.05, 0) is 24.9 Å². The summed E-state index contributed by atoms with van der Waals surface area (Å²) in [6.07, 6.45) is 5.03. The number of hydrogen-bond acceptors (Lipinski definition) is 3. The summed E-state index contributed by atoms with van der Waals surface area (Å²) in [5.74, 6) is 2.48. The van der Waals surface area contributed by atoms with Gasteiger partial charge >= 0.3 is 0 Å². The number of imidazole rings is 1. The van der Waals surface area contributed by atoms with Gasteiger partial charge in [-0.3, -0.25) is 4.90 Å². The van der Waals surface area contributed by atoms with Crippen LogP contribution >= 0.6 is 0 Å². The van der Waals surface area contributed by atoms with Gasteiger partial charge in [0.25, 0.3) is 0 Å². The lowest BCUT2D eigenvalue weighted by Crippen LogP contribution is -2.45. The number of benzene rings is 1. The number of fused-ring (bicyclic) bond motifs is 1. The number of rotatable bonds is 3. The number of H-pyrrole nitrogens is 1. The van der Waals surface area contributed by atoms with Crippen molar-refractivity contribution in [2.75, 3.05) is 26.7 Å². The van der Waals surface area contributed by atoms with E-state index < -0.39 is 0 Å². The third kappa shape index (κ3) is 2.57. The second kappa shape index (κ2) is 5.86. The zero-order valence-corrected chi connectivity index (χ0v) is 13.2. The summed E-state index contributed by atoms with van der Waals surface area (Å²) in [6, 6.07) is 11.8. The third-order valence-electron chi connectivity index (χ3n) is 5.43. The number of hydrogen-bond donors (Lipinski definition) is 1. The average Bonchev–Trinajstić information content (AvgIpc) is 3.17. The highest BCUT2D eigenvalue weighted by atomic mass is 15.2. The number of nitrogens with one attached hydrogen (secondary N) is 1. The van der Waals surface area contributed by atoms with E-state index in [4.69, 9.17) is 0 Å². The van der Waals surface area contributed by atoms with Gasteiger partial charge in [0.05, 0.1) is 6.54 Å². The molecule has 0 radical (unpaired) electrons. The Hall–Kier alpha value is -1.65. The maximum Gasteiger partial charge on any atom is 0.120 e. The van der Waals surface area contributed by atoms with Crippen LogP contribution in [0.15, 0.2) is 42.7 Å². The lowest BCUT2D eigenvalue weighted by atomic mass is 9.82. The standard InChI is InChI=1S/C18H24N4/c1-21-11-15(14-5-3-2-4-6-14)16-12-22(10-7-17(16)21)13-18-19-8-9-20-18/h2-6,8-9,15-17H,7,10-13H2,1H3,(H,19,20)/t15-,16-,17-/m1/s1. The molecule has 22 heavy (non-hydrogen) atoms. The van der Waals surface area contributed by atoms with E-state index in [1.165, 1.54) is 31.6 Å². The van der Waals surface area contributed by atoms with Gasteiger partial charge < -0.3 is 9.88 Å². The Labute approximate surface area is 132 Å². The van der Waals surface area contributed by atoms with Crippen LogP contribution in [0.4, 0.5) is 0 Å². The van der Waals surface area contributed by atoms with Crippen molar-refractivity contribution in [2.24, 2.45) is 5.92 Å². The normalized spacial score (nSPS) is 29.6. The number of likely N-dealkylation sites (tertiary alicyclic amines) is 2. The van der Waals surface area contributed by atoms with Gasteiger partial charge in [0, 0.05) is 44.0 Å². The van der Waals surface area contributed by atoms with Crippen LogP contribution in [0.25, 0.3) is 0 Å². The van der Waals surface area contributed by atoms with Crippen LogP contribution in [-0.2, 0) is 6.54 Å². The van der Waals surface area contributed by atoms with E-state index in [9.17, 15) is 0 Å². The first-order chi connectivity index (χ1) is 10.8. The molecule has 2 saturated heterocycles. The molecular formula is C18H24N4. The summed E-state index contributed by atoms with van der Waals surface area (Å²) in [7, 11) is 2.29. The van der Waals surface area contributed by atoms with Gasteiger partial charge in [-0.1, -0.05) is 30.3 Å². The molecule has 2 fully saturated rings. The average molecular weight is 296 g/mol. The van der Waals surface area contributed by atoms with Crippen LogP contribution in [-0.4, -0.2) is 52.5 Å². The zero-order valence-electron chi connectivity index (χ0n) is 13.2. The number of aromatic nitrogens is 2. The molecule has 4 nitrogen and oxygen atoms in total. The SMILES string of the molecule is CN1C[C@H](c2ccccc2)[C@H]2CN(Cc3ncc[nH]3)CC[C@H]21. The molecule has 2 aliphatic rings. The molecule has 1 aromatic carbocycles. The van der Waals surface area contributed by atoms with Crippen LogP contribution < -0.4 is 0 Å². The van der Waals surface area contributed by atoms with Crippen molar-refractivity contribution in [1.29, 1.82) is 0 Å². The fourth-order valence-electron chi connectivity index (χ4n) is 4.36. The quantitative estimate of drug-likeness (QED) is 0.944. The second-order valence-corrected chi connectivity index (χ2v) is 6.75. The summed E-state index contributed by atoms with van der Waals surface area (Å²) >= 11 is 0. The third-order valence-corrected chi connectivity index (χ3v) is 5.43. The van der Waals surface area contributed by atoms with Crippen molar-refractivity contribution in [1.82, 2.24) is 19.8 Å². The lowest BCUT2D eigenvalue weighted by Gasteiger charge is -2.38. The monoisotopic (exact) mass is 296 g/mol. The maximum absolute atomic E-state index is 4.38. The minimum absolute atomic E-state index is 0.663. The van der Waals surface area contributed by atoms with E-state index in [1.54, 1.807) is 0 Å². The van der Waals surface area contributed by atoms with Crippen LogP contribution in [0, 0.1) is 5.92 Å². The van der Waals surface area contributed by atoms with Crippen LogP contribution in [0.5, 0.6) is 0 Å². The highest BCUT2D eigenvalue weighted by Gasteiger charge is 2.43. The molecule has 0 aliphatic carbocycles. The van der Waals surface area contributed by atoms with Crippen molar-refractivity contribution >= 4 is 0 Å². The van der Waals surface area contributed by atoms with Crippen LogP contribution in [0.1, 0.15) is 23.7 Å². The van der Waals surface area contributed by atoms with E-state index in [-0.39, 0.29) is 0 Å². The first kappa shape index (κ1) is 14.0. The first-order valence-electron chi connectivity index (χ1n) is 8.27. The van der Waals surface area contributed by atoms with Crippen molar-refractivity contribution in [2.45, 2.75) is 24.9 Å². The molecule has 1 N–H and O–H groups in total. The Bertz CT molecular complexity index is 595. The summed E-state index contributed by atoms with van der Waals surface area (Å²) in [5.41, 5.74) is 1.50. The molecule has 116 valence electrons. The Morgan fingerprint density at radius 2 is 2.09 bits per heavy atom. The number of nitrogens with zero attached hydrogens (tertiary/aromatic N) is 3. The Morgan fingerprint density at radius 3 is 2.86 bits per heavy atom. The van der Waals surface area contributed by atoms with Crippen molar-refractivity contribution in [3.63, 3.8) is 0 Å². The van der Waals surface area contributed by atoms with Gasteiger partial charge in [-0.15, -0.1) is 0 Å². The van der Waals surface area contributed by atoms with E-state index in [2.05, 4.69) is 57.1 Å².